The smallest absolute Gasteiger partial charge is 0.231 e. The van der Waals surface area contributed by atoms with Gasteiger partial charge < -0.3 is 9.64 Å². The van der Waals surface area contributed by atoms with Gasteiger partial charge in [-0.1, -0.05) is 18.1 Å². The summed E-state index contributed by atoms with van der Waals surface area (Å²) >= 11 is 0. The molecule has 2 aliphatic rings. The molecule has 6 nitrogen and oxygen atoms in total. The Hall–Kier alpha value is -1.43. The summed E-state index contributed by atoms with van der Waals surface area (Å²) in [6.07, 6.45) is 9.87. The van der Waals surface area contributed by atoms with Crippen molar-refractivity contribution in [3.63, 3.8) is 0 Å². The Balaban J connectivity index is 1.71. The Bertz CT molecular complexity index is 468. The van der Waals surface area contributed by atoms with E-state index in [9.17, 15) is 4.79 Å². The molecule has 0 bridgehead atoms. The largest absolute Gasteiger partial charge is 0.384 e. The maximum absolute atomic E-state index is 13.0. The lowest BCUT2D eigenvalue weighted by Crippen LogP contribution is -2.49. The van der Waals surface area contributed by atoms with Gasteiger partial charge in [-0.2, -0.15) is 0 Å². The normalized spacial score (nSPS) is 25.2. The predicted molar refractivity (Wildman–Crippen MR) is 77.7 cm³/mol. The van der Waals surface area contributed by atoms with E-state index >= 15 is 0 Å². The summed E-state index contributed by atoms with van der Waals surface area (Å²) in [6.45, 7) is 2.15. The molecule has 1 unspecified atom stereocenters. The molecule has 1 aromatic rings. The number of carbonyl (C=O) groups is 1. The monoisotopic (exact) mass is 292 g/mol. The fraction of sp³-hybridized carbons (Fsp3) is 0.800. The van der Waals surface area contributed by atoms with Gasteiger partial charge in [-0.25, -0.2) is 4.68 Å². The lowest BCUT2D eigenvalue weighted by molar-refractivity contribution is -0.147. The fourth-order valence-corrected chi connectivity index (χ4v) is 3.85. The number of methoxy groups -OCH3 is 1. The number of nitrogens with zero attached hydrogens (tertiary/aromatic N) is 4. The zero-order chi connectivity index (χ0) is 14.7. The van der Waals surface area contributed by atoms with Crippen LogP contribution in [0.25, 0.3) is 0 Å². The first-order valence-corrected chi connectivity index (χ1v) is 7.89. The number of carbonyl (C=O) groups excluding carboxylic acids is 1. The molecule has 1 aliphatic heterocycles. The van der Waals surface area contributed by atoms with Crippen LogP contribution in [-0.2, 0) is 9.53 Å². The Morgan fingerprint density at radius 1 is 1.38 bits per heavy atom. The molecule has 1 amide bonds. The van der Waals surface area contributed by atoms with Crippen LogP contribution in [0.4, 0.5) is 0 Å². The first kappa shape index (κ1) is 14.5. The number of ether oxygens (including phenoxy) is 1. The molecule has 0 radical (unpaired) electrons. The zero-order valence-corrected chi connectivity index (χ0v) is 12.7. The fourth-order valence-electron chi connectivity index (χ4n) is 3.85. The van der Waals surface area contributed by atoms with E-state index in [2.05, 4.69) is 10.3 Å². The topological polar surface area (TPSA) is 60.2 Å². The van der Waals surface area contributed by atoms with E-state index in [1.807, 2.05) is 15.8 Å². The summed E-state index contributed by atoms with van der Waals surface area (Å²) < 4.78 is 7.25. The quantitative estimate of drug-likeness (QED) is 0.846. The summed E-state index contributed by atoms with van der Waals surface area (Å²) in [5.41, 5.74) is -0.279. The van der Waals surface area contributed by atoms with E-state index in [1.54, 1.807) is 13.3 Å². The highest BCUT2D eigenvalue weighted by Crippen LogP contribution is 2.41. The highest BCUT2D eigenvalue weighted by molar-refractivity contribution is 5.83. The van der Waals surface area contributed by atoms with E-state index in [0.29, 0.717) is 6.61 Å². The van der Waals surface area contributed by atoms with Crippen molar-refractivity contribution < 1.29 is 9.53 Å². The van der Waals surface area contributed by atoms with E-state index in [1.165, 1.54) is 0 Å². The number of hydrogen-bond acceptors (Lipinski definition) is 4. The maximum Gasteiger partial charge on any atom is 0.231 e. The van der Waals surface area contributed by atoms with Crippen LogP contribution in [0.2, 0.25) is 0 Å². The summed E-state index contributed by atoms with van der Waals surface area (Å²) in [7, 11) is 1.70. The van der Waals surface area contributed by atoms with Crippen LogP contribution in [0, 0.1) is 5.41 Å². The van der Waals surface area contributed by atoms with Crippen LogP contribution >= 0.6 is 0 Å². The Morgan fingerprint density at radius 2 is 2.19 bits per heavy atom. The molecular formula is C15H24N4O2. The predicted octanol–water partition coefficient (Wildman–Crippen LogP) is 1.65. The van der Waals surface area contributed by atoms with Gasteiger partial charge in [-0.3, -0.25) is 4.79 Å². The Kier molecular flexibility index (Phi) is 4.24. The molecule has 116 valence electrons. The van der Waals surface area contributed by atoms with E-state index in [0.717, 1.165) is 51.6 Å². The second kappa shape index (κ2) is 6.13. The van der Waals surface area contributed by atoms with Gasteiger partial charge in [-0.05, 0) is 25.7 Å². The minimum atomic E-state index is -0.279. The van der Waals surface area contributed by atoms with E-state index in [4.69, 9.17) is 4.74 Å². The summed E-state index contributed by atoms with van der Waals surface area (Å²) in [6, 6.07) is 0.256. The second-order valence-electron chi connectivity index (χ2n) is 6.35. The number of amides is 1. The number of piperidine rings is 1. The van der Waals surface area contributed by atoms with Gasteiger partial charge in [0.15, 0.2) is 0 Å². The van der Waals surface area contributed by atoms with E-state index in [-0.39, 0.29) is 17.4 Å². The van der Waals surface area contributed by atoms with Gasteiger partial charge in [0.2, 0.25) is 5.91 Å². The van der Waals surface area contributed by atoms with Crippen molar-refractivity contribution in [2.24, 2.45) is 5.41 Å². The minimum Gasteiger partial charge on any atom is -0.384 e. The van der Waals surface area contributed by atoms with Crippen molar-refractivity contribution in [2.45, 2.75) is 44.6 Å². The molecule has 2 fully saturated rings. The average molecular weight is 292 g/mol. The Labute approximate surface area is 125 Å². The van der Waals surface area contributed by atoms with Crippen molar-refractivity contribution in [3.8, 4) is 0 Å². The molecule has 0 aromatic carbocycles. The summed E-state index contributed by atoms with van der Waals surface area (Å²) in [4.78, 5) is 15.1. The van der Waals surface area contributed by atoms with Crippen LogP contribution < -0.4 is 0 Å². The molecule has 1 atom stereocenters. The third kappa shape index (κ3) is 2.81. The van der Waals surface area contributed by atoms with Crippen molar-refractivity contribution >= 4 is 5.91 Å². The summed E-state index contributed by atoms with van der Waals surface area (Å²) in [5.74, 6) is 0.284. The molecule has 0 N–H and O–H groups in total. The number of likely N-dealkylation sites (tertiary alicyclic amines) is 1. The molecule has 21 heavy (non-hydrogen) atoms. The van der Waals surface area contributed by atoms with Crippen molar-refractivity contribution in [1.82, 2.24) is 19.9 Å². The van der Waals surface area contributed by atoms with Crippen LogP contribution in [0.5, 0.6) is 0 Å². The number of aromatic nitrogens is 3. The number of rotatable bonds is 4. The lowest BCUT2D eigenvalue weighted by atomic mass is 9.84. The van der Waals surface area contributed by atoms with Gasteiger partial charge in [0.05, 0.1) is 24.3 Å². The molecule has 2 heterocycles. The van der Waals surface area contributed by atoms with Crippen molar-refractivity contribution in [3.05, 3.63) is 12.4 Å². The molecule has 6 heteroatoms. The zero-order valence-electron chi connectivity index (χ0n) is 12.7. The van der Waals surface area contributed by atoms with Gasteiger partial charge in [-0.15, -0.1) is 5.10 Å². The van der Waals surface area contributed by atoms with Gasteiger partial charge in [0.25, 0.3) is 0 Å². The maximum atomic E-state index is 13.0. The van der Waals surface area contributed by atoms with Crippen LogP contribution in [0.3, 0.4) is 0 Å². The molecule has 3 rings (SSSR count). The average Bonchev–Trinajstić information content (AvgIpc) is 3.19. The first-order chi connectivity index (χ1) is 10.2. The van der Waals surface area contributed by atoms with Gasteiger partial charge in [0, 0.05) is 26.4 Å². The van der Waals surface area contributed by atoms with Crippen LogP contribution in [0.15, 0.2) is 12.4 Å². The third-order valence-electron chi connectivity index (χ3n) is 4.93. The second-order valence-corrected chi connectivity index (χ2v) is 6.35. The molecule has 1 saturated heterocycles. The van der Waals surface area contributed by atoms with Crippen LogP contribution in [0.1, 0.15) is 44.6 Å². The van der Waals surface area contributed by atoms with Gasteiger partial charge >= 0.3 is 0 Å². The van der Waals surface area contributed by atoms with Crippen LogP contribution in [-0.4, -0.2) is 52.6 Å². The minimum absolute atomic E-state index is 0.256. The number of hydrogen-bond donors (Lipinski definition) is 0. The van der Waals surface area contributed by atoms with Gasteiger partial charge in [0.1, 0.15) is 0 Å². The molecule has 1 aromatic heterocycles. The van der Waals surface area contributed by atoms with Crippen molar-refractivity contribution in [2.75, 3.05) is 26.8 Å². The SMILES string of the molecule is COCC1(C(=O)N2CCCC(n3ccnn3)C2)CCCC1. The third-order valence-corrected chi connectivity index (χ3v) is 4.93. The summed E-state index contributed by atoms with van der Waals surface area (Å²) in [5, 5.41) is 7.97. The molecule has 1 aliphatic carbocycles. The van der Waals surface area contributed by atoms with Crippen molar-refractivity contribution in [1.29, 1.82) is 0 Å². The highest BCUT2D eigenvalue weighted by atomic mass is 16.5. The standard InChI is InChI=1S/C15H24N4O2/c1-21-12-15(6-2-3-7-15)14(20)18-9-4-5-13(11-18)19-10-8-16-17-19/h8,10,13H,2-7,9,11-12H2,1H3. The molecular weight excluding hydrogens is 268 g/mol. The highest BCUT2D eigenvalue weighted by Gasteiger charge is 2.44. The molecule has 1 saturated carbocycles. The van der Waals surface area contributed by atoms with E-state index < -0.39 is 0 Å². The first-order valence-electron chi connectivity index (χ1n) is 7.89. The lowest BCUT2D eigenvalue weighted by Gasteiger charge is -2.38. The molecule has 0 spiro atoms. The Morgan fingerprint density at radius 3 is 2.86 bits per heavy atom.